The van der Waals surface area contributed by atoms with E-state index in [1.807, 2.05) is 12.1 Å². The monoisotopic (exact) mass is 261 g/mol. The fourth-order valence-electron chi connectivity index (χ4n) is 3.18. The fraction of sp³-hybridized carbons (Fsp3) is 0.647. The lowest BCUT2D eigenvalue weighted by Crippen LogP contribution is -2.38. The summed E-state index contributed by atoms with van der Waals surface area (Å²) in [5.74, 6) is 0.926. The van der Waals surface area contributed by atoms with E-state index < -0.39 is 0 Å². The Morgan fingerprint density at radius 1 is 1.26 bits per heavy atom. The number of ether oxygens (including phenoxy) is 1. The molecule has 2 heteroatoms. The minimum absolute atomic E-state index is 0.407. The van der Waals surface area contributed by atoms with Gasteiger partial charge in [-0.15, -0.1) is 0 Å². The van der Waals surface area contributed by atoms with Gasteiger partial charge in [-0.2, -0.15) is 0 Å². The van der Waals surface area contributed by atoms with Gasteiger partial charge in [-0.1, -0.05) is 32.4 Å². The van der Waals surface area contributed by atoms with Crippen LogP contribution in [0.2, 0.25) is 0 Å². The van der Waals surface area contributed by atoms with Crippen LogP contribution in [0.15, 0.2) is 24.3 Å². The molecule has 1 aromatic rings. The summed E-state index contributed by atoms with van der Waals surface area (Å²) >= 11 is 0. The van der Waals surface area contributed by atoms with Gasteiger partial charge in [-0.05, 0) is 49.3 Å². The van der Waals surface area contributed by atoms with Gasteiger partial charge in [-0.25, -0.2) is 0 Å². The van der Waals surface area contributed by atoms with Crippen LogP contribution >= 0.6 is 0 Å². The number of rotatable bonds is 4. The summed E-state index contributed by atoms with van der Waals surface area (Å²) < 4.78 is 5.21. The van der Waals surface area contributed by atoms with Crippen LogP contribution in [-0.2, 0) is 0 Å². The maximum absolute atomic E-state index is 5.21. The molecule has 1 aliphatic rings. The van der Waals surface area contributed by atoms with E-state index in [0.717, 1.165) is 5.75 Å². The molecule has 1 aliphatic carbocycles. The average Bonchev–Trinajstić information content (AvgIpc) is 2.37. The van der Waals surface area contributed by atoms with Crippen LogP contribution in [0.1, 0.15) is 58.1 Å². The van der Waals surface area contributed by atoms with Crippen LogP contribution in [0.5, 0.6) is 5.75 Å². The highest BCUT2D eigenvalue weighted by atomic mass is 16.5. The van der Waals surface area contributed by atoms with Crippen molar-refractivity contribution in [3.05, 3.63) is 29.8 Å². The molecule has 2 rings (SSSR count). The Morgan fingerprint density at radius 2 is 1.95 bits per heavy atom. The summed E-state index contributed by atoms with van der Waals surface area (Å²) in [5.41, 5.74) is 1.83. The van der Waals surface area contributed by atoms with Crippen LogP contribution in [0, 0.1) is 5.41 Å². The molecule has 0 amide bonds. The van der Waals surface area contributed by atoms with Crippen molar-refractivity contribution < 1.29 is 4.74 Å². The van der Waals surface area contributed by atoms with Gasteiger partial charge >= 0.3 is 0 Å². The molecule has 1 saturated carbocycles. The summed E-state index contributed by atoms with van der Waals surface area (Å²) in [6.45, 7) is 7.03. The Morgan fingerprint density at radius 3 is 2.53 bits per heavy atom. The van der Waals surface area contributed by atoms with E-state index in [4.69, 9.17) is 4.74 Å². The maximum atomic E-state index is 5.21. The number of nitrogens with one attached hydrogen (secondary N) is 1. The summed E-state index contributed by atoms with van der Waals surface area (Å²) in [4.78, 5) is 0. The van der Waals surface area contributed by atoms with Gasteiger partial charge in [-0.3, -0.25) is 0 Å². The fourth-order valence-corrected chi connectivity index (χ4v) is 3.18. The Kier molecular flexibility index (Phi) is 4.51. The highest BCUT2D eigenvalue weighted by Crippen LogP contribution is 2.35. The quantitative estimate of drug-likeness (QED) is 0.871. The SMILES string of the molecule is COc1ccc(C(C)NC2CCCC(C)(C)C2)cc1. The molecule has 0 radical (unpaired) electrons. The second-order valence-electron chi connectivity index (χ2n) is 6.62. The smallest absolute Gasteiger partial charge is 0.118 e. The first-order valence-electron chi connectivity index (χ1n) is 7.40. The molecular weight excluding hydrogens is 234 g/mol. The van der Waals surface area contributed by atoms with E-state index in [1.54, 1.807) is 7.11 Å². The number of hydrogen-bond donors (Lipinski definition) is 1. The Balaban J connectivity index is 1.94. The van der Waals surface area contributed by atoms with Crippen molar-refractivity contribution in [2.45, 2.75) is 58.5 Å². The topological polar surface area (TPSA) is 21.3 Å². The van der Waals surface area contributed by atoms with Gasteiger partial charge in [0.2, 0.25) is 0 Å². The Hall–Kier alpha value is -1.02. The van der Waals surface area contributed by atoms with E-state index in [9.17, 15) is 0 Å². The van der Waals surface area contributed by atoms with Crippen molar-refractivity contribution in [1.82, 2.24) is 5.32 Å². The molecular formula is C17H27NO. The van der Waals surface area contributed by atoms with Gasteiger partial charge in [0.05, 0.1) is 7.11 Å². The zero-order chi connectivity index (χ0) is 13.9. The van der Waals surface area contributed by atoms with E-state index >= 15 is 0 Å². The molecule has 2 atom stereocenters. The Labute approximate surface area is 117 Å². The van der Waals surface area contributed by atoms with Gasteiger partial charge in [0, 0.05) is 12.1 Å². The van der Waals surface area contributed by atoms with Crippen LogP contribution in [0.3, 0.4) is 0 Å². The van der Waals surface area contributed by atoms with Crippen LogP contribution in [0.25, 0.3) is 0 Å². The average molecular weight is 261 g/mol. The van der Waals surface area contributed by atoms with Crippen molar-refractivity contribution in [3.8, 4) is 5.75 Å². The van der Waals surface area contributed by atoms with E-state index in [2.05, 4.69) is 38.2 Å². The zero-order valence-corrected chi connectivity index (χ0v) is 12.7. The second-order valence-corrected chi connectivity index (χ2v) is 6.62. The summed E-state index contributed by atoms with van der Waals surface area (Å²) in [6, 6.07) is 9.46. The van der Waals surface area contributed by atoms with Gasteiger partial charge in [0.25, 0.3) is 0 Å². The number of methoxy groups -OCH3 is 1. The van der Waals surface area contributed by atoms with Crippen molar-refractivity contribution >= 4 is 0 Å². The molecule has 1 fully saturated rings. The minimum atomic E-state index is 0.407. The lowest BCUT2D eigenvalue weighted by molar-refractivity contribution is 0.191. The first-order valence-corrected chi connectivity index (χ1v) is 7.40. The maximum Gasteiger partial charge on any atom is 0.118 e. The van der Waals surface area contributed by atoms with Crippen molar-refractivity contribution in [2.24, 2.45) is 5.41 Å². The lowest BCUT2D eigenvalue weighted by atomic mass is 9.75. The molecule has 0 bridgehead atoms. The molecule has 0 heterocycles. The third-order valence-corrected chi connectivity index (χ3v) is 4.31. The van der Waals surface area contributed by atoms with Gasteiger partial charge in [0.1, 0.15) is 5.75 Å². The second kappa shape index (κ2) is 5.96. The Bertz CT molecular complexity index is 396. The highest BCUT2D eigenvalue weighted by Gasteiger charge is 2.28. The molecule has 1 aromatic carbocycles. The zero-order valence-electron chi connectivity index (χ0n) is 12.7. The lowest BCUT2D eigenvalue weighted by Gasteiger charge is -2.37. The molecule has 19 heavy (non-hydrogen) atoms. The van der Waals surface area contributed by atoms with Gasteiger partial charge in [0.15, 0.2) is 0 Å². The largest absolute Gasteiger partial charge is 0.497 e. The molecule has 2 nitrogen and oxygen atoms in total. The van der Waals surface area contributed by atoms with Crippen molar-refractivity contribution in [3.63, 3.8) is 0 Å². The first kappa shape index (κ1) is 14.4. The van der Waals surface area contributed by atoms with E-state index in [0.29, 0.717) is 17.5 Å². The normalized spacial score (nSPS) is 23.9. The van der Waals surface area contributed by atoms with Crippen molar-refractivity contribution in [1.29, 1.82) is 0 Å². The molecule has 0 aliphatic heterocycles. The predicted octanol–water partition coefficient (Wildman–Crippen LogP) is 4.31. The summed E-state index contributed by atoms with van der Waals surface area (Å²) in [5, 5.41) is 3.79. The molecule has 2 unspecified atom stereocenters. The molecule has 0 spiro atoms. The summed E-state index contributed by atoms with van der Waals surface area (Å²) in [7, 11) is 1.71. The molecule has 0 aromatic heterocycles. The highest BCUT2D eigenvalue weighted by molar-refractivity contribution is 5.28. The third kappa shape index (κ3) is 3.97. The van der Waals surface area contributed by atoms with E-state index in [1.165, 1.54) is 31.2 Å². The molecule has 0 saturated heterocycles. The van der Waals surface area contributed by atoms with Crippen LogP contribution < -0.4 is 10.1 Å². The summed E-state index contributed by atoms with van der Waals surface area (Å²) in [6.07, 6.45) is 5.31. The third-order valence-electron chi connectivity index (χ3n) is 4.31. The number of benzene rings is 1. The van der Waals surface area contributed by atoms with Crippen LogP contribution in [-0.4, -0.2) is 13.2 Å². The molecule has 106 valence electrons. The minimum Gasteiger partial charge on any atom is -0.497 e. The number of hydrogen-bond acceptors (Lipinski definition) is 2. The van der Waals surface area contributed by atoms with E-state index in [-0.39, 0.29) is 0 Å². The van der Waals surface area contributed by atoms with Gasteiger partial charge < -0.3 is 10.1 Å². The van der Waals surface area contributed by atoms with Crippen molar-refractivity contribution in [2.75, 3.05) is 7.11 Å². The standard InChI is InChI=1S/C17H27NO/c1-13(14-7-9-16(19-4)10-8-14)18-15-6-5-11-17(2,3)12-15/h7-10,13,15,18H,5-6,11-12H2,1-4H3. The molecule has 1 N–H and O–H groups in total. The first-order chi connectivity index (χ1) is 9.00. The predicted molar refractivity (Wildman–Crippen MR) is 80.6 cm³/mol. The van der Waals surface area contributed by atoms with Crippen LogP contribution in [0.4, 0.5) is 0 Å².